The van der Waals surface area contributed by atoms with Crippen LogP contribution < -0.4 is 5.73 Å². The molecule has 10 heteroatoms. The number of amides is 1. The van der Waals surface area contributed by atoms with Gasteiger partial charge >= 0.3 is 11.9 Å². The molecule has 1 aliphatic rings. The lowest BCUT2D eigenvalue weighted by molar-refractivity contribution is -0.137. The molecule has 1 aliphatic heterocycles. The van der Waals surface area contributed by atoms with Crippen molar-refractivity contribution in [3.63, 3.8) is 0 Å². The predicted octanol–water partition coefficient (Wildman–Crippen LogP) is 2.99. The van der Waals surface area contributed by atoms with Crippen LogP contribution in [0.25, 0.3) is 17.4 Å². The second-order valence-electron chi connectivity index (χ2n) is 5.97. The lowest BCUT2D eigenvalue weighted by Gasteiger charge is -2.12. The smallest absolute Gasteiger partial charge is 0.339 e. The van der Waals surface area contributed by atoms with E-state index in [-0.39, 0.29) is 30.1 Å². The molecule has 0 spiro atoms. The van der Waals surface area contributed by atoms with Crippen LogP contribution in [0.4, 0.5) is 5.69 Å². The summed E-state index contributed by atoms with van der Waals surface area (Å²) >= 11 is 6.24. The number of hydrogen-bond donors (Lipinski definition) is 2. The van der Waals surface area contributed by atoms with Crippen molar-refractivity contribution in [1.29, 1.82) is 0 Å². The largest absolute Gasteiger partial charge is 0.481 e. The summed E-state index contributed by atoms with van der Waals surface area (Å²) in [6, 6.07) is 8.22. The molecule has 150 valence electrons. The molecule has 3 rings (SSSR count). The highest BCUT2D eigenvalue weighted by molar-refractivity contribution is 8.26. The van der Waals surface area contributed by atoms with Crippen LogP contribution in [0.15, 0.2) is 39.7 Å². The number of rotatable bonds is 6. The van der Waals surface area contributed by atoms with Gasteiger partial charge in [0, 0.05) is 23.9 Å². The van der Waals surface area contributed by atoms with E-state index in [0.717, 1.165) is 11.8 Å². The van der Waals surface area contributed by atoms with E-state index in [1.807, 2.05) is 0 Å². The van der Waals surface area contributed by atoms with Crippen LogP contribution in [0.2, 0.25) is 0 Å². The number of thioether (sulfide) groups is 1. The number of carbonyl (C=O) groups is 3. The number of carboxylic acid groups (broad SMARTS) is 1. The number of ether oxygens (including phenoxy) is 1. The number of nitrogens with two attached hydrogens (primary N) is 1. The molecular weight excluding hydrogens is 416 g/mol. The van der Waals surface area contributed by atoms with Gasteiger partial charge in [-0.2, -0.15) is 0 Å². The third-order valence-electron chi connectivity index (χ3n) is 4.07. The molecule has 1 fully saturated rings. The first-order valence-corrected chi connectivity index (χ1v) is 9.58. The van der Waals surface area contributed by atoms with Gasteiger partial charge in [0.2, 0.25) is 0 Å². The van der Waals surface area contributed by atoms with Crippen LogP contribution >= 0.6 is 24.0 Å². The number of nitrogens with zero attached hydrogens (tertiary/aromatic N) is 1. The molecule has 1 amide bonds. The fourth-order valence-corrected chi connectivity index (χ4v) is 3.90. The van der Waals surface area contributed by atoms with Gasteiger partial charge in [0.25, 0.3) is 5.91 Å². The van der Waals surface area contributed by atoms with E-state index in [4.69, 9.17) is 32.2 Å². The van der Waals surface area contributed by atoms with Crippen molar-refractivity contribution in [2.75, 3.05) is 19.4 Å². The van der Waals surface area contributed by atoms with Crippen molar-refractivity contribution in [3.8, 4) is 11.3 Å². The average molecular weight is 432 g/mol. The van der Waals surface area contributed by atoms with E-state index in [2.05, 4.69) is 0 Å². The van der Waals surface area contributed by atoms with Crippen molar-refractivity contribution >= 4 is 57.9 Å². The highest BCUT2D eigenvalue weighted by Gasteiger charge is 2.32. The highest BCUT2D eigenvalue weighted by Crippen LogP contribution is 2.34. The van der Waals surface area contributed by atoms with Crippen LogP contribution in [0.5, 0.6) is 0 Å². The SMILES string of the molecule is COC(=O)c1cc(-c2ccc(/C=C3/SC(=S)N(CCC(=O)O)C3=O)o2)ccc1N. The van der Waals surface area contributed by atoms with Gasteiger partial charge in [0.1, 0.15) is 15.8 Å². The topological polar surface area (TPSA) is 123 Å². The number of thiocarbonyl (C=S) groups is 1. The monoisotopic (exact) mass is 432 g/mol. The van der Waals surface area contributed by atoms with Crippen molar-refractivity contribution in [1.82, 2.24) is 4.90 Å². The maximum absolute atomic E-state index is 12.4. The number of carboxylic acids is 1. The van der Waals surface area contributed by atoms with Crippen LogP contribution in [-0.2, 0) is 14.3 Å². The predicted molar refractivity (Wildman–Crippen MR) is 112 cm³/mol. The van der Waals surface area contributed by atoms with E-state index in [1.165, 1.54) is 12.0 Å². The minimum absolute atomic E-state index is 0.0164. The standard InChI is InChI=1S/C19H16N2O6S2/c1-26-18(25)12-8-10(2-4-13(12)20)14-5-3-11(27-14)9-15-17(24)21(19(28)29-15)7-6-16(22)23/h2-5,8-9H,6-7,20H2,1H3,(H,22,23)/b15-9+. The number of aliphatic carboxylic acids is 1. The Kier molecular flexibility index (Phi) is 6.04. The number of nitrogen functional groups attached to an aromatic ring is 1. The number of methoxy groups -OCH3 is 1. The maximum atomic E-state index is 12.4. The van der Waals surface area contributed by atoms with Gasteiger partial charge in [-0.3, -0.25) is 14.5 Å². The van der Waals surface area contributed by atoms with Gasteiger partial charge in [-0.25, -0.2) is 4.79 Å². The molecule has 1 saturated heterocycles. The van der Waals surface area contributed by atoms with Crippen molar-refractivity contribution in [2.24, 2.45) is 0 Å². The quantitative estimate of drug-likeness (QED) is 0.307. The van der Waals surface area contributed by atoms with Crippen LogP contribution in [0.1, 0.15) is 22.5 Å². The van der Waals surface area contributed by atoms with Crippen LogP contribution in [0, 0.1) is 0 Å². The van der Waals surface area contributed by atoms with E-state index >= 15 is 0 Å². The van der Waals surface area contributed by atoms with Gasteiger partial charge < -0.3 is 20.0 Å². The van der Waals surface area contributed by atoms with Gasteiger partial charge in [0.05, 0.1) is 24.0 Å². The molecule has 0 aliphatic carbocycles. The molecule has 29 heavy (non-hydrogen) atoms. The van der Waals surface area contributed by atoms with Gasteiger partial charge in [-0.05, 0) is 30.3 Å². The summed E-state index contributed by atoms with van der Waals surface area (Å²) in [4.78, 5) is 36.6. The summed E-state index contributed by atoms with van der Waals surface area (Å²) in [5.41, 5.74) is 6.94. The molecule has 8 nitrogen and oxygen atoms in total. The average Bonchev–Trinajstić information content (AvgIpc) is 3.25. The summed E-state index contributed by atoms with van der Waals surface area (Å²) in [5.74, 6) is -1.03. The zero-order chi connectivity index (χ0) is 21.1. The summed E-state index contributed by atoms with van der Waals surface area (Å²) in [5, 5.41) is 8.79. The molecule has 0 unspecified atom stereocenters. The molecule has 0 saturated carbocycles. The normalized spacial score (nSPS) is 15.2. The number of esters is 1. The molecule has 0 bridgehead atoms. The van der Waals surface area contributed by atoms with E-state index < -0.39 is 11.9 Å². The molecule has 0 atom stereocenters. The summed E-state index contributed by atoms with van der Waals surface area (Å²) in [7, 11) is 1.27. The number of benzene rings is 1. The lowest BCUT2D eigenvalue weighted by atomic mass is 10.1. The first kappa shape index (κ1) is 20.6. The third kappa shape index (κ3) is 4.49. The molecule has 2 heterocycles. The molecule has 1 aromatic heterocycles. The second kappa shape index (κ2) is 8.50. The Morgan fingerprint density at radius 3 is 2.79 bits per heavy atom. The summed E-state index contributed by atoms with van der Waals surface area (Å²) < 4.78 is 10.8. The zero-order valence-electron chi connectivity index (χ0n) is 15.2. The summed E-state index contributed by atoms with van der Waals surface area (Å²) in [6.45, 7) is 0.0164. The minimum Gasteiger partial charge on any atom is -0.481 e. The third-order valence-corrected chi connectivity index (χ3v) is 5.44. The number of anilines is 1. The van der Waals surface area contributed by atoms with E-state index in [0.29, 0.717) is 26.3 Å². The highest BCUT2D eigenvalue weighted by atomic mass is 32.2. The van der Waals surface area contributed by atoms with Gasteiger partial charge in [0.15, 0.2) is 0 Å². The Bertz CT molecular complexity index is 1040. The molecule has 1 aromatic carbocycles. The Labute approximate surface area is 175 Å². The fourth-order valence-electron chi connectivity index (χ4n) is 2.61. The molecular formula is C19H16N2O6S2. The summed E-state index contributed by atoms with van der Waals surface area (Å²) in [6.07, 6.45) is 1.35. The Morgan fingerprint density at radius 2 is 2.10 bits per heavy atom. The fraction of sp³-hybridized carbons (Fsp3) is 0.158. The van der Waals surface area contributed by atoms with Crippen molar-refractivity contribution in [3.05, 3.63) is 46.6 Å². The first-order chi connectivity index (χ1) is 13.8. The Balaban J connectivity index is 1.82. The van der Waals surface area contributed by atoms with Crippen molar-refractivity contribution < 1.29 is 28.6 Å². The molecule has 2 aromatic rings. The van der Waals surface area contributed by atoms with Crippen LogP contribution in [-0.4, -0.2) is 45.8 Å². The van der Waals surface area contributed by atoms with Gasteiger partial charge in [-0.1, -0.05) is 24.0 Å². The molecule has 3 N–H and O–H groups in total. The second-order valence-corrected chi connectivity index (χ2v) is 7.65. The van der Waals surface area contributed by atoms with Crippen LogP contribution in [0.3, 0.4) is 0 Å². The lowest BCUT2D eigenvalue weighted by Crippen LogP contribution is -2.30. The first-order valence-electron chi connectivity index (χ1n) is 8.35. The Morgan fingerprint density at radius 1 is 1.34 bits per heavy atom. The number of furan rings is 1. The maximum Gasteiger partial charge on any atom is 0.339 e. The van der Waals surface area contributed by atoms with Gasteiger partial charge in [-0.15, -0.1) is 0 Å². The van der Waals surface area contributed by atoms with Crippen molar-refractivity contribution in [2.45, 2.75) is 6.42 Å². The Hall–Kier alpha value is -3.11. The minimum atomic E-state index is -1.01. The zero-order valence-corrected chi connectivity index (χ0v) is 16.8. The van der Waals surface area contributed by atoms with E-state index in [9.17, 15) is 14.4 Å². The number of hydrogen-bond acceptors (Lipinski definition) is 8. The van der Waals surface area contributed by atoms with E-state index in [1.54, 1.807) is 36.4 Å². The number of carbonyl (C=O) groups excluding carboxylic acids is 2. The molecule has 0 radical (unpaired) electrons.